The van der Waals surface area contributed by atoms with Gasteiger partial charge in [-0.3, -0.25) is 4.98 Å². The monoisotopic (exact) mass is 258 g/mol. The number of nitrogens with one attached hydrogen (secondary N) is 1. The predicted molar refractivity (Wildman–Crippen MR) is 71.5 cm³/mol. The molecule has 1 aliphatic heterocycles. The van der Waals surface area contributed by atoms with Crippen LogP contribution in [0.15, 0.2) is 29.0 Å². The van der Waals surface area contributed by atoms with Gasteiger partial charge in [-0.05, 0) is 31.0 Å². The van der Waals surface area contributed by atoms with Crippen LogP contribution in [0, 0.1) is 5.92 Å². The first kappa shape index (κ1) is 12.3. The van der Waals surface area contributed by atoms with E-state index in [9.17, 15) is 0 Å². The van der Waals surface area contributed by atoms with E-state index in [1.165, 1.54) is 0 Å². The maximum Gasteiger partial charge on any atom is 0.234 e. The molecule has 1 fully saturated rings. The van der Waals surface area contributed by atoms with Crippen LogP contribution >= 0.6 is 0 Å². The highest BCUT2D eigenvalue weighted by Gasteiger charge is 2.43. The third-order valence-electron chi connectivity index (χ3n) is 4.07. The van der Waals surface area contributed by atoms with E-state index >= 15 is 0 Å². The van der Waals surface area contributed by atoms with Crippen LogP contribution in [0.2, 0.25) is 0 Å². The Kier molecular flexibility index (Phi) is 3.06. The summed E-state index contributed by atoms with van der Waals surface area (Å²) in [6.07, 6.45) is 4.53. The Hall–Kier alpha value is -1.75. The SMILES string of the molecule is CC(C)C1(c2nc(-c3cccnc3)no2)CCNC1. The molecule has 0 spiro atoms. The van der Waals surface area contributed by atoms with Crippen molar-refractivity contribution >= 4 is 0 Å². The van der Waals surface area contributed by atoms with E-state index in [-0.39, 0.29) is 5.41 Å². The van der Waals surface area contributed by atoms with Gasteiger partial charge in [-0.25, -0.2) is 0 Å². The molecule has 0 radical (unpaired) electrons. The Morgan fingerprint density at radius 2 is 2.32 bits per heavy atom. The molecule has 3 heterocycles. The van der Waals surface area contributed by atoms with Crippen LogP contribution in [0.5, 0.6) is 0 Å². The molecule has 100 valence electrons. The van der Waals surface area contributed by atoms with Crippen LogP contribution in [0.1, 0.15) is 26.2 Å². The van der Waals surface area contributed by atoms with Crippen molar-refractivity contribution < 1.29 is 4.52 Å². The van der Waals surface area contributed by atoms with Crippen molar-refractivity contribution in [3.05, 3.63) is 30.4 Å². The van der Waals surface area contributed by atoms with Gasteiger partial charge in [0.2, 0.25) is 11.7 Å². The quantitative estimate of drug-likeness (QED) is 0.912. The molecule has 0 aliphatic carbocycles. The molecule has 5 nitrogen and oxygen atoms in total. The number of pyridine rings is 1. The van der Waals surface area contributed by atoms with Gasteiger partial charge in [-0.15, -0.1) is 0 Å². The molecule has 1 N–H and O–H groups in total. The van der Waals surface area contributed by atoms with Crippen LogP contribution < -0.4 is 5.32 Å². The summed E-state index contributed by atoms with van der Waals surface area (Å²) in [5.74, 6) is 1.83. The first-order valence-electron chi connectivity index (χ1n) is 6.68. The predicted octanol–water partition coefficient (Wildman–Crippen LogP) is 2.02. The zero-order valence-corrected chi connectivity index (χ0v) is 11.3. The molecule has 1 unspecified atom stereocenters. The van der Waals surface area contributed by atoms with Gasteiger partial charge in [0.05, 0.1) is 5.41 Å². The molecule has 5 heteroatoms. The van der Waals surface area contributed by atoms with Gasteiger partial charge in [0.1, 0.15) is 0 Å². The van der Waals surface area contributed by atoms with E-state index in [1.807, 2.05) is 12.1 Å². The summed E-state index contributed by atoms with van der Waals surface area (Å²) in [7, 11) is 0. The summed E-state index contributed by atoms with van der Waals surface area (Å²) in [6.45, 7) is 6.32. The summed E-state index contributed by atoms with van der Waals surface area (Å²) in [5.41, 5.74) is 0.857. The average Bonchev–Trinajstić information content (AvgIpc) is 3.09. The standard InChI is InChI=1S/C14H18N4O/c1-10(2)14(5-7-16-9-14)13-17-12(18-19-13)11-4-3-6-15-8-11/h3-4,6,8,10,16H,5,7,9H2,1-2H3. The van der Waals surface area contributed by atoms with Crippen LogP contribution in [0.4, 0.5) is 0 Å². The third-order valence-corrected chi connectivity index (χ3v) is 4.07. The fourth-order valence-electron chi connectivity index (χ4n) is 2.67. The molecule has 2 aromatic heterocycles. The van der Waals surface area contributed by atoms with E-state index in [0.717, 1.165) is 31.0 Å². The highest BCUT2D eigenvalue weighted by atomic mass is 16.5. The fraction of sp³-hybridized carbons (Fsp3) is 0.500. The largest absolute Gasteiger partial charge is 0.338 e. The maximum atomic E-state index is 5.54. The van der Waals surface area contributed by atoms with E-state index in [4.69, 9.17) is 4.52 Å². The van der Waals surface area contributed by atoms with E-state index in [1.54, 1.807) is 12.4 Å². The normalized spacial score (nSPS) is 23.1. The molecule has 1 aliphatic rings. The summed E-state index contributed by atoms with van der Waals surface area (Å²) in [4.78, 5) is 8.68. The Morgan fingerprint density at radius 3 is 2.95 bits per heavy atom. The maximum absolute atomic E-state index is 5.54. The smallest absolute Gasteiger partial charge is 0.234 e. The van der Waals surface area contributed by atoms with Crippen molar-refractivity contribution in [3.63, 3.8) is 0 Å². The highest BCUT2D eigenvalue weighted by Crippen LogP contribution is 2.37. The minimum Gasteiger partial charge on any atom is -0.338 e. The fourth-order valence-corrected chi connectivity index (χ4v) is 2.67. The second kappa shape index (κ2) is 4.74. The van der Waals surface area contributed by atoms with Gasteiger partial charge in [-0.2, -0.15) is 4.98 Å². The van der Waals surface area contributed by atoms with Crippen molar-refractivity contribution in [2.24, 2.45) is 5.92 Å². The summed E-state index contributed by atoms with van der Waals surface area (Å²) < 4.78 is 5.54. The summed E-state index contributed by atoms with van der Waals surface area (Å²) in [5, 5.41) is 7.51. The molecule has 2 aromatic rings. The lowest BCUT2D eigenvalue weighted by Crippen LogP contribution is -2.35. The first-order valence-corrected chi connectivity index (χ1v) is 6.68. The van der Waals surface area contributed by atoms with Gasteiger partial charge < -0.3 is 9.84 Å². The topological polar surface area (TPSA) is 63.8 Å². The Balaban J connectivity index is 1.97. The molecule has 3 rings (SSSR count). The van der Waals surface area contributed by atoms with Gasteiger partial charge in [0.25, 0.3) is 0 Å². The first-order chi connectivity index (χ1) is 9.22. The molecule has 0 amide bonds. The highest BCUT2D eigenvalue weighted by molar-refractivity contribution is 5.52. The van der Waals surface area contributed by atoms with Gasteiger partial charge >= 0.3 is 0 Å². The minimum absolute atomic E-state index is 0.0343. The Morgan fingerprint density at radius 1 is 1.42 bits per heavy atom. The van der Waals surface area contributed by atoms with Crippen molar-refractivity contribution in [3.8, 4) is 11.4 Å². The number of hydrogen-bond donors (Lipinski definition) is 1. The third kappa shape index (κ3) is 2.04. The average molecular weight is 258 g/mol. The van der Waals surface area contributed by atoms with Crippen LogP contribution in [-0.4, -0.2) is 28.2 Å². The molecule has 0 aromatic carbocycles. The molecular formula is C14H18N4O. The van der Waals surface area contributed by atoms with E-state index in [2.05, 4.69) is 34.3 Å². The van der Waals surface area contributed by atoms with Crippen molar-refractivity contribution in [2.75, 3.05) is 13.1 Å². The second-order valence-corrected chi connectivity index (χ2v) is 5.40. The second-order valence-electron chi connectivity index (χ2n) is 5.40. The lowest BCUT2D eigenvalue weighted by molar-refractivity contribution is 0.234. The number of nitrogens with zero attached hydrogens (tertiary/aromatic N) is 3. The van der Waals surface area contributed by atoms with Crippen molar-refractivity contribution in [1.82, 2.24) is 20.4 Å². The molecule has 1 atom stereocenters. The summed E-state index contributed by atoms with van der Waals surface area (Å²) in [6, 6.07) is 3.82. The minimum atomic E-state index is -0.0343. The lowest BCUT2D eigenvalue weighted by atomic mass is 9.76. The van der Waals surface area contributed by atoms with Gasteiger partial charge in [0, 0.05) is 24.5 Å². The number of aromatic nitrogens is 3. The van der Waals surface area contributed by atoms with Crippen molar-refractivity contribution in [1.29, 1.82) is 0 Å². The molecule has 19 heavy (non-hydrogen) atoms. The van der Waals surface area contributed by atoms with Crippen LogP contribution in [0.3, 0.4) is 0 Å². The Labute approximate surface area is 112 Å². The lowest BCUT2D eigenvalue weighted by Gasteiger charge is -2.27. The molecular weight excluding hydrogens is 240 g/mol. The van der Waals surface area contributed by atoms with Crippen LogP contribution in [-0.2, 0) is 5.41 Å². The number of hydrogen-bond acceptors (Lipinski definition) is 5. The zero-order chi connectivity index (χ0) is 13.3. The van der Waals surface area contributed by atoms with Gasteiger partial charge in [-0.1, -0.05) is 19.0 Å². The van der Waals surface area contributed by atoms with E-state index < -0.39 is 0 Å². The van der Waals surface area contributed by atoms with Gasteiger partial charge in [0.15, 0.2) is 0 Å². The van der Waals surface area contributed by atoms with Crippen LogP contribution in [0.25, 0.3) is 11.4 Å². The molecule has 0 bridgehead atoms. The van der Waals surface area contributed by atoms with Crippen molar-refractivity contribution in [2.45, 2.75) is 25.7 Å². The summed E-state index contributed by atoms with van der Waals surface area (Å²) >= 11 is 0. The molecule has 1 saturated heterocycles. The molecule has 0 saturated carbocycles. The van der Waals surface area contributed by atoms with E-state index in [0.29, 0.717) is 11.7 Å². The zero-order valence-electron chi connectivity index (χ0n) is 11.3. The Bertz CT molecular complexity index is 544. The number of rotatable bonds is 3.